The Balaban J connectivity index is 2.75. The third kappa shape index (κ3) is 6.98. The minimum Gasteiger partial charge on any atom is -0.383 e. The molecule has 1 rings (SSSR count). The van der Waals surface area contributed by atoms with Crippen LogP contribution in [0.25, 0.3) is 0 Å². The van der Waals surface area contributed by atoms with Gasteiger partial charge in [-0.2, -0.15) is 0 Å². The minimum atomic E-state index is -3.65. The zero-order valence-electron chi connectivity index (χ0n) is 14.8. The van der Waals surface area contributed by atoms with Gasteiger partial charge in [0.2, 0.25) is 10.0 Å². The summed E-state index contributed by atoms with van der Waals surface area (Å²) >= 11 is 0. The predicted molar refractivity (Wildman–Crippen MR) is 94.5 cm³/mol. The molecule has 1 aromatic carbocycles. The third-order valence-corrected chi connectivity index (χ3v) is 5.02. The molecule has 24 heavy (non-hydrogen) atoms. The van der Waals surface area contributed by atoms with Crippen LogP contribution in [0.5, 0.6) is 0 Å². The van der Waals surface area contributed by atoms with Gasteiger partial charge in [0.1, 0.15) is 0 Å². The molecule has 0 spiro atoms. The number of hydrogen-bond acceptors (Lipinski definition) is 4. The molecule has 0 aromatic heterocycles. The monoisotopic (exact) mass is 356 g/mol. The van der Waals surface area contributed by atoms with Gasteiger partial charge in [-0.25, -0.2) is 13.1 Å². The SMILES string of the molecule is COCCNS(=O)(=O)c1cccc(C(=O)NC(C)CCC(C)C)c1. The Hall–Kier alpha value is -1.44. The summed E-state index contributed by atoms with van der Waals surface area (Å²) in [6, 6.07) is 6.07. The molecule has 1 atom stereocenters. The van der Waals surface area contributed by atoms with Crippen LogP contribution in [0.3, 0.4) is 0 Å². The summed E-state index contributed by atoms with van der Waals surface area (Å²) in [4.78, 5) is 12.4. The molecule has 1 amide bonds. The zero-order chi connectivity index (χ0) is 18.2. The van der Waals surface area contributed by atoms with Crippen LogP contribution in [0.15, 0.2) is 29.2 Å². The molecule has 0 aliphatic heterocycles. The average Bonchev–Trinajstić information content (AvgIpc) is 2.53. The predicted octanol–water partition coefficient (Wildman–Crippen LogP) is 2.17. The smallest absolute Gasteiger partial charge is 0.251 e. The summed E-state index contributed by atoms with van der Waals surface area (Å²) < 4.78 is 31.6. The van der Waals surface area contributed by atoms with E-state index in [9.17, 15) is 13.2 Å². The van der Waals surface area contributed by atoms with Gasteiger partial charge in [0.25, 0.3) is 5.91 Å². The van der Waals surface area contributed by atoms with Crippen LogP contribution in [0.4, 0.5) is 0 Å². The molecule has 1 unspecified atom stereocenters. The van der Waals surface area contributed by atoms with E-state index < -0.39 is 10.0 Å². The van der Waals surface area contributed by atoms with Gasteiger partial charge in [0.05, 0.1) is 11.5 Å². The molecule has 0 bridgehead atoms. The molecular formula is C17H28N2O4S. The fourth-order valence-electron chi connectivity index (χ4n) is 2.13. The van der Waals surface area contributed by atoms with Gasteiger partial charge in [-0.3, -0.25) is 4.79 Å². The van der Waals surface area contributed by atoms with Crippen LogP contribution >= 0.6 is 0 Å². The number of nitrogens with one attached hydrogen (secondary N) is 2. The van der Waals surface area contributed by atoms with E-state index in [-0.39, 0.29) is 30.0 Å². The van der Waals surface area contributed by atoms with Crippen LogP contribution in [-0.4, -0.2) is 40.6 Å². The van der Waals surface area contributed by atoms with E-state index in [0.29, 0.717) is 11.5 Å². The molecule has 6 nitrogen and oxygen atoms in total. The second kappa shape index (κ2) is 9.76. The lowest BCUT2D eigenvalue weighted by atomic mass is 10.0. The molecule has 136 valence electrons. The standard InChI is InChI=1S/C17H28N2O4S/c1-13(2)8-9-14(3)19-17(20)15-6-5-7-16(12-15)24(21,22)18-10-11-23-4/h5-7,12-14,18H,8-11H2,1-4H3,(H,19,20). The lowest BCUT2D eigenvalue weighted by molar-refractivity contribution is 0.0937. The van der Waals surface area contributed by atoms with Crippen molar-refractivity contribution in [2.45, 2.75) is 44.6 Å². The van der Waals surface area contributed by atoms with Crippen LogP contribution in [-0.2, 0) is 14.8 Å². The molecular weight excluding hydrogens is 328 g/mol. The van der Waals surface area contributed by atoms with Crippen molar-refractivity contribution in [3.05, 3.63) is 29.8 Å². The van der Waals surface area contributed by atoms with E-state index in [0.717, 1.165) is 12.8 Å². The van der Waals surface area contributed by atoms with E-state index in [1.165, 1.54) is 19.2 Å². The Morgan fingerprint density at radius 3 is 2.54 bits per heavy atom. The van der Waals surface area contributed by atoms with Gasteiger partial charge in [0.15, 0.2) is 0 Å². The number of rotatable bonds is 10. The first-order valence-corrected chi connectivity index (χ1v) is 9.64. The Morgan fingerprint density at radius 2 is 1.92 bits per heavy atom. The number of sulfonamides is 1. The van der Waals surface area contributed by atoms with Crippen molar-refractivity contribution >= 4 is 15.9 Å². The summed E-state index contributed by atoms with van der Waals surface area (Å²) in [6.45, 7) is 6.69. The molecule has 0 saturated carbocycles. The second-order valence-corrected chi connectivity index (χ2v) is 8.03. The Labute approximate surface area is 145 Å². The van der Waals surface area contributed by atoms with Crippen LogP contribution in [0, 0.1) is 5.92 Å². The number of benzene rings is 1. The fourth-order valence-corrected chi connectivity index (χ4v) is 3.19. The summed E-state index contributed by atoms with van der Waals surface area (Å²) in [6.07, 6.45) is 1.92. The molecule has 0 aliphatic rings. The highest BCUT2D eigenvalue weighted by atomic mass is 32.2. The van der Waals surface area contributed by atoms with E-state index in [1.807, 2.05) is 6.92 Å². The number of carbonyl (C=O) groups is 1. The largest absolute Gasteiger partial charge is 0.383 e. The molecule has 0 aliphatic carbocycles. The fraction of sp³-hybridized carbons (Fsp3) is 0.588. The molecule has 0 heterocycles. The first-order valence-electron chi connectivity index (χ1n) is 8.15. The Kier molecular flexibility index (Phi) is 8.38. The molecule has 0 radical (unpaired) electrons. The summed E-state index contributed by atoms with van der Waals surface area (Å²) in [5.74, 6) is 0.316. The van der Waals surface area contributed by atoms with Crippen molar-refractivity contribution in [3.8, 4) is 0 Å². The second-order valence-electron chi connectivity index (χ2n) is 6.26. The average molecular weight is 356 g/mol. The highest BCUT2D eigenvalue weighted by Gasteiger charge is 2.16. The highest BCUT2D eigenvalue weighted by Crippen LogP contribution is 2.12. The molecule has 2 N–H and O–H groups in total. The highest BCUT2D eigenvalue weighted by molar-refractivity contribution is 7.89. The van der Waals surface area contributed by atoms with Crippen molar-refractivity contribution < 1.29 is 17.9 Å². The van der Waals surface area contributed by atoms with E-state index in [1.54, 1.807) is 12.1 Å². The van der Waals surface area contributed by atoms with Crippen molar-refractivity contribution in [2.24, 2.45) is 5.92 Å². The maximum Gasteiger partial charge on any atom is 0.251 e. The maximum absolute atomic E-state index is 12.3. The van der Waals surface area contributed by atoms with Gasteiger partial charge >= 0.3 is 0 Å². The maximum atomic E-state index is 12.3. The minimum absolute atomic E-state index is 0.0417. The van der Waals surface area contributed by atoms with Gasteiger partial charge in [-0.1, -0.05) is 19.9 Å². The van der Waals surface area contributed by atoms with Gasteiger partial charge in [-0.05, 0) is 43.9 Å². The first-order chi connectivity index (χ1) is 11.3. The number of amides is 1. The lowest BCUT2D eigenvalue weighted by Gasteiger charge is -2.15. The van der Waals surface area contributed by atoms with Crippen molar-refractivity contribution in [1.82, 2.24) is 10.0 Å². The Bertz CT molecular complexity index is 629. The summed E-state index contributed by atoms with van der Waals surface area (Å²) in [7, 11) is -2.15. The number of ether oxygens (including phenoxy) is 1. The van der Waals surface area contributed by atoms with Gasteiger partial charge < -0.3 is 10.1 Å². The molecule has 0 saturated heterocycles. The molecule has 0 fully saturated rings. The van der Waals surface area contributed by atoms with Gasteiger partial charge in [0, 0.05) is 25.3 Å². The Morgan fingerprint density at radius 1 is 1.21 bits per heavy atom. The normalized spacial score (nSPS) is 13.0. The van der Waals surface area contributed by atoms with E-state index in [4.69, 9.17) is 4.74 Å². The van der Waals surface area contributed by atoms with Gasteiger partial charge in [-0.15, -0.1) is 0 Å². The van der Waals surface area contributed by atoms with Crippen molar-refractivity contribution in [1.29, 1.82) is 0 Å². The van der Waals surface area contributed by atoms with E-state index >= 15 is 0 Å². The molecule has 1 aromatic rings. The first kappa shape index (κ1) is 20.6. The zero-order valence-corrected chi connectivity index (χ0v) is 15.7. The number of carbonyl (C=O) groups excluding carboxylic acids is 1. The topological polar surface area (TPSA) is 84.5 Å². The summed E-state index contributed by atoms with van der Waals surface area (Å²) in [5, 5.41) is 2.91. The van der Waals surface area contributed by atoms with Crippen LogP contribution in [0.2, 0.25) is 0 Å². The quantitative estimate of drug-likeness (QED) is 0.629. The van der Waals surface area contributed by atoms with Crippen LogP contribution in [0.1, 0.15) is 44.0 Å². The summed E-state index contributed by atoms with van der Waals surface area (Å²) in [5.41, 5.74) is 0.334. The lowest BCUT2D eigenvalue weighted by Crippen LogP contribution is -2.33. The number of methoxy groups -OCH3 is 1. The van der Waals surface area contributed by atoms with Crippen molar-refractivity contribution in [3.63, 3.8) is 0 Å². The van der Waals surface area contributed by atoms with Crippen molar-refractivity contribution in [2.75, 3.05) is 20.3 Å². The third-order valence-electron chi connectivity index (χ3n) is 3.56. The van der Waals surface area contributed by atoms with E-state index in [2.05, 4.69) is 23.9 Å². The van der Waals surface area contributed by atoms with Crippen LogP contribution < -0.4 is 10.0 Å². The number of hydrogen-bond donors (Lipinski definition) is 2. The molecule has 7 heteroatoms.